The van der Waals surface area contributed by atoms with Gasteiger partial charge in [0.05, 0.1) is 6.61 Å². The van der Waals surface area contributed by atoms with Crippen molar-refractivity contribution in [3.8, 4) is 5.75 Å². The van der Waals surface area contributed by atoms with E-state index in [0.717, 1.165) is 5.56 Å². The summed E-state index contributed by atoms with van der Waals surface area (Å²) in [7, 11) is 0. The van der Waals surface area contributed by atoms with Crippen LogP contribution >= 0.6 is 0 Å². The molecule has 0 bridgehead atoms. The first-order valence-electron chi connectivity index (χ1n) is 7.40. The standard InChI is InChI=1S/C16H15FN2O4.CH2O/c17-12-3-1-10(2-4-12)7-19-6-5-18-8-11(9-20)14(21)15(22)13(18)16(19)23;1-2/h1-4,8,20,22H,5-7,9H2;1H2. The normalized spacial score (nSPS) is 13.0. The Morgan fingerprint density at radius 3 is 2.36 bits per heavy atom. The molecule has 0 unspecified atom stereocenters. The molecule has 0 saturated heterocycles. The van der Waals surface area contributed by atoms with E-state index in [1.807, 2.05) is 6.79 Å². The minimum Gasteiger partial charge on any atom is -0.503 e. The fraction of sp³-hybridized carbons (Fsp3) is 0.235. The van der Waals surface area contributed by atoms with Crippen LogP contribution < -0.4 is 5.43 Å². The van der Waals surface area contributed by atoms with Gasteiger partial charge in [0.25, 0.3) is 5.91 Å². The van der Waals surface area contributed by atoms with Crippen LogP contribution in [0.5, 0.6) is 5.75 Å². The number of amides is 1. The van der Waals surface area contributed by atoms with E-state index >= 15 is 0 Å². The van der Waals surface area contributed by atoms with Crippen LogP contribution in [0.15, 0.2) is 35.3 Å². The Bertz CT molecular complexity index is 832. The van der Waals surface area contributed by atoms with E-state index < -0.39 is 23.7 Å². The Hall–Kier alpha value is -3.00. The summed E-state index contributed by atoms with van der Waals surface area (Å²) in [5.74, 6) is -1.48. The van der Waals surface area contributed by atoms with Crippen molar-refractivity contribution in [3.05, 3.63) is 63.3 Å². The van der Waals surface area contributed by atoms with Crippen LogP contribution in [0.2, 0.25) is 0 Å². The first-order valence-corrected chi connectivity index (χ1v) is 7.40. The molecule has 0 spiro atoms. The number of hydrogen-bond donors (Lipinski definition) is 2. The van der Waals surface area contributed by atoms with Gasteiger partial charge in [0, 0.05) is 31.4 Å². The molecule has 3 rings (SSSR count). The van der Waals surface area contributed by atoms with Crippen molar-refractivity contribution < 1.29 is 24.2 Å². The van der Waals surface area contributed by atoms with Gasteiger partial charge in [0.2, 0.25) is 5.43 Å². The van der Waals surface area contributed by atoms with Gasteiger partial charge in [-0.05, 0) is 17.7 Å². The number of aromatic nitrogens is 1. The van der Waals surface area contributed by atoms with Crippen LogP contribution in [-0.4, -0.2) is 38.9 Å². The van der Waals surface area contributed by atoms with Gasteiger partial charge in [0.15, 0.2) is 11.4 Å². The Balaban J connectivity index is 0.00000109. The summed E-state index contributed by atoms with van der Waals surface area (Å²) in [6.45, 7) is 2.54. The van der Waals surface area contributed by atoms with Crippen LogP contribution in [0.25, 0.3) is 0 Å². The van der Waals surface area contributed by atoms with Gasteiger partial charge in [0.1, 0.15) is 12.6 Å². The number of carbonyl (C=O) groups excluding carboxylic acids is 2. The number of nitrogens with zero attached hydrogens (tertiary/aromatic N) is 2. The number of fused-ring (bicyclic) bond motifs is 1. The highest BCUT2D eigenvalue weighted by Crippen LogP contribution is 2.21. The molecule has 0 aliphatic carbocycles. The molecule has 1 aromatic heterocycles. The summed E-state index contributed by atoms with van der Waals surface area (Å²) < 4.78 is 14.4. The van der Waals surface area contributed by atoms with Gasteiger partial charge < -0.3 is 24.5 Å². The summed E-state index contributed by atoms with van der Waals surface area (Å²) in [6, 6.07) is 5.79. The number of halogens is 1. The molecule has 0 saturated carbocycles. The summed E-state index contributed by atoms with van der Waals surface area (Å²) >= 11 is 0. The summed E-state index contributed by atoms with van der Waals surface area (Å²) in [5.41, 5.74) is -0.0238. The average molecular weight is 348 g/mol. The van der Waals surface area contributed by atoms with Crippen molar-refractivity contribution in [3.63, 3.8) is 0 Å². The van der Waals surface area contributed by atoms with Crippen LogP contribution in [-0.2, 0) is 24.5 Å². The summed E-state index contributed by atoms with van der Waals surface area (Å²) in [6.07, 6.45) is 1.39. The molecule has 2 heterocycles. The number of hydrogen-bond acceptors (Lipinski definition) is 5. The molecule has 132 valence electrons. The molecule has 25 heavy (non-hydrogen) atoms. The monoisotopic (exact) mass is 348 g/mol. The van der Waals surface area contributed by atoms with E-state index in [0.29, 0.717) is 13.1 Å². The number of carbonyl (C=O) groups is 2. The predicted molar refractivity (Wildman–Crippen MR) is 86.6 cm³/mol. The van der Waals surface area contributed by atoms with E-state index in [9.17, 15) is 19.1 Å². The van der Waals surface area contributed by atoms with Crippen molar-refractivity contribution in [1.82, 2.24) is 9.47 Å². The van der Waals surface area contributed by atoms with Gasteiger partial charge in [-0.15, -0.1) is 0 Å². The molecule has 0 fully saturated rings. The molecule has 0 atom stereocenters. The maximum absolute atomic E-state index is 12.9. The molecule has 2 N–H and O–H groups in total. The van der Waals surface area contributed by atoms with Crippen LogP contribution in [0.1, 0.15) is 21.6 Å². The zero-order valence-electron chi connectivity index (χ0n) is 13.3. The second kappa shape index (κ2) is 7.71. The van der Waals surface area contributed by atoms with E-state index in [4.69, 9.17) is 9.90 Å². The van der Waals surface area contributed by atoms with Gasteiger partial charge >= 0.3 is 0 Å². The van der Waals surface area contributed by atoms with Crippen LogP contribution in [0, 0.1) is 5.82 Å². The predicted octanol–water partition coefficient (Wildman–Crippen LogP) is 0.656. The fourth-order valence-electron chi connectivity index (χ4n) is 2.66. The van der Waals surface area contributed by atoms with Crippen molar-refractivity contribution in [2.24, 2.45) is 0 Å². The fourth-order valence-corrected chi connectivity index (χ4v) is 2.66. The third-order valence-corrected chi connectivity index (χ3v) is 3.89. The number of pyridine rings is 1. The molecule has 1 aliphatic heterocycles. The van der Waals surface area contributed by atoms with Gasteiger partial charge in [-0.25, -0.2) is 4.39 Å². The van der Waals surface area contributed by atoms with E-state index in [1.165, 1.54) is 27.8 Å². The lowest BCUT2D eigenvalue weighted by molar-refractivity contribution is -0.0980. The summed E-state index contributed by atoms with van der Waals surface area (Å²) in [4.78, 5) is 33.9. The largest absolute Gasteiger partial charge is 0.503 e. The first-order chi connectivity index (χ1) is 12.0. The SMILES string of the molecule is C=O.O=C1c2c(O)c(=O)c(CO)cn2CCN1Cc1ccc(F)cc1. The van der Waals surface area contributed by atoms with Crippen molar-refractivity contribution in [2.45, 2.75) is 19.7 Å². The maximum Gasteiger partial charge on any atom is 0.274 e. The van der Waals surface area contributed by atoms with Crippen molar-refractivity contribution in [1.29, 1.82) is 0 Å². The van der Waals surface area contributed by atoms with E-state index in [1.54, 1.807) is 12.1 Å². The molecular formula is C17H17FN2O5. The molecule has 0 radical (unpaired) electrons. The molecular weight excluding hydrogens is 331 g/mol. The zero-order valence-corrected chi connectivity index (χ0v) is 13.3. The number of aliphatic hydroxyl groups excluding tert-OH is 1. The maximum atomic E-state index is 12.9. The second-order valence-corrected chi connectivity index (χ2v) is 5.39. The third kappa shape index (κ3) is 3.58. The molecule has 7 nitrogen and oxygen atoms in total. The number of rotatable bonds is 3. The van der Waals surface area contributed by atoms with Gasteiger partial charge in [-0.3, -0.25) is 9.59 Å². The topological polar surface area (TPSA) is 99.8 Å². The molecule has 1 aromatic carbocycles. The molecule has 1 aliphatic rings. The minimum absolute atomic E-state index is 0.0473. The zero-order chi connectivity index (χ0) is 18.6. The van der Waals surface area contributed by atoms with Crippen LogP contribution in [0.4, 0.5) is 4.39 Å². The molecule has 8 heteroatoms. The molecule has 1 amide bonds. The average Bonchev–Trinajstić information content (AvgIpc) is 2.63. The molecule has 2 aromatic rings. The van der Waals surface area contributed by atoms with Gasteiger partial charge in [-0.1, -0.05) is 12.1 Å². The second-order valence-electron chi connectivity index (χ2n) is 5.39. The Labute approximate surface area is 142 Å². The Morgan fingerprint density at radius 1 is 1.12 bits per heavy atom. The van der Waals surface area contributed by atoms with Gasteiger partial charge in [-0.2, -0.15) is 0 Å². The third-order valence-electron chi connectivity index (χ3n) is 3.89. The highest BCUT2D eigenvalue weighted by Gasteiger charge is 2.29. The lowest BCUT2D eigenvalue weighted by atomic mass is 10.1. The number of benzene rings is 1. The lowest BCUT2D eigenvalue weighted by Gasteiger charge is -2.30. The highest BCUT2D eigenvalue weighted by molar-refractivity contribution is 5.95. The highest BCUT2D eigenvalue weighted by atomic mass is 19.1. The lowest BCUT2D eigenvalue weighted by Crippen LogP contribution is -2.41. The van der Waals surface area contributed by atoms with E-state index in [2.05, 4.69) is 0 Å². The Kier molecular flexibility index (Phi) is 5.66. The van der Waals surface area contributed by atoms with E-state index in [-0.39, 0.29) is 23.6 Å². The van der Waals surface area contributed by atoms with Crippen molar-refractivity contribution in [2.75, 3.05) is 6.54 Å². The van der Waals surface area contributed by atoms with Crippen molar-refractivity contribution >= 4 is 12.7 Å². The van der Waals surface area contributed by atoms with Crippen LogP contribution in [0.3, 0.4) is 0 Å². The number of aliphatic hydroxyl groups is 1. The first kappa shape index (κ1) is 18.3. The summed E-state index contributed by atoms with van der Waals surface area (Å²) in [5, 5.41) is 19.1. The Morgan fingerprint density at radius 2 is 1.76 bits per heavy atom. The quantitative estimate of drug-likeness (QED) is 0.849. The minimum atomic E-state index is -0.740. The number of aromatic hydroxyl groups is 1. The smallest absolute Gasteiger partial charge is 0.274 e.